The summed E-state index contributed by atoms with van der Waals surface area (Å²) in [4.78, 5) is 8.92. The molecule has 0 atom stereocenters. The molecule has 0 bridgehead atoms. The minimum Gasteiger partial charge on any atom is -0.474 e. The van der Waals surface area contributed by atoms with E-state index in [0.717, 1.165) is 43.2 Å². The predicted molar refractivity (Wildman–Crippen MR) is 73.1 cm³/mol. The summed E-state index contributed by atoms with van der Waals surface area (Å²) in [6, 6.07) is 1.90. The molecular formula is C14H23N3O. The quantitative estimate of drug-likeness (QED) is 0.870. The van der Waals surface area contributed by atoms with Crippen LogP contribution in [0, 0.1) is 0 Å². The number of aryl methyl sites for hydroxylation is 1. The molecule has 4 nitrogen and oxygen atoms in total. The maximum Gasteiger partial charge on any atom is 0.218 e. The van der Waals surface area contributed by atoms with E-state index in [1.165, 1.54) is 19.3 Å². The van der Waals surface area contributed by atoms with Crippen LogP contribution >= 0.6 is 0 Å². The van der Waals surface area contributed by atoms with Crippen LogP contribution in [0.1, 0.15) is 51.3 Å². The molecule has 1 aromatic rings. The molecule has 2 rings (SSSR count). The van der Waals surface area contributed by atoms with Crippen molar-refractivity contribution >= 4 is 5.82 Å². The highest BCUT2D eigenvalue weighted by Gasteiger charge is 2.16. The number of hydrogen-bond acceptors (Lipinski definition) is 4. The van der Waals surface area contributed by atoms with Gasteiger partial charge in [0, 0.05) is 19.5 Å². The lowest BCUT2D eigenvalue weighted by Crippen LogP contribution is -2.20. The molecule has 0 aromatic carbocycles. The molecule has 100 valence electrons. The molecule has 1 aromatic heterocycles. The fourth-order valence-electron chi connectivity index (χ4n) is 2.35. The van der Waals surface area contributed by atoms with E-state index in [-0.39, 0.29) is 0 Å². The highest BCUT2D eigenvalue weighted by Crippen LogP contribution is 2.23. The molecular weight excluding hydrogens is 226 g/mol. The van der Waals surface area contributed by atoms with Gasteiger partial charge in [-0.1, -0.05) is 13.3 Å². The van der Waals surface area contributed by atoms with Crippen molar-refractivity contribution in [2.45, 2.75) is 58.0 Å². The zero-order valence-electron chi connectivity index (χ0n) is 11.4. The maximum absolute atomic E-state index is 5.99. The first-order valence-corrected chi connectivity index (χ1v) is 7.04. The summed E-state index contributed by atoms with van der Waals surface area (Å²) in [7, 11) is 1.88. The molecule has 0 saturated heterocycles. The second kappa shape index (κ2) is 6.57. The number of nitrogens with zero attached hydrogens (tertiary/aromatic N) is 2. The van der Waals surface area contributed by atoms with E-state index in [4.69, 9.17) is 4.74 Å². The number of ether oxygens (including phenoxy) is 1. The zero-order chi connectivity index (χ0) is 12.8. The Morgan fingerprint density at radius 1 is 1.28 bits per heavy atom. The lowest BCUT2D eigenvalue weighted by atomic mass is 9.98. The third-order valence-electron chi connectivity index (χ3n) is 3.32. The van der Waals surface area contributed by atoms with Crippen LogP contribution < -0.4 is 10.1 Å². The van der Waals surface area contributed by atoms with Gasteiger partial charge in [0.05, 0.1) is 0 Å². The molecule has 4 heteroatoms. The summed E-state index contributed by atoms with van der Waals surface area (Å²) in [5, 5.41) is 3.07. The topological polar surface area (TPSA) is 47.0 Å². The first-order valence-electron chi connectivity index (χ1n) is 7.04. The molecule has 18 heavy (non-hydrogen) atoms. The fourth-order valence-corrected chi connectivity index (χ4v) is 2.35. The van der Waals surface area contributed by atoms with Gasteiger partial charge in [-0.3, -0.25) is 0 Å². The van der Waals surface area contributed by atoms with Crippen molar-refractivity contribution in [3.8, 4) is 5.88 Å². The molecule has 1 saturated carbocycles. The van der Waals surface area contributed by atoms with Gasteiger partial charge in [0.2, 0.25) is 5.88 Å². The van der Waals surface area contributed by atoms with E-state index in [2.05, 4.69) is 22.2 Å². The summed E-state index contributed by atoms with van der Waals surface area (Å²) >= 11 is 0. The molecule has 1 aliphatic rings. The van der Waals surface area contributed by atoms with E-state index >= 15 is 0 Å². The van der Waals surface area contributed by atoms with Crippen molar-refractivity contribution in [1.29, 1.82) is 0 Å². The lowest BCUT2D eigenvalue weighted by molar-refractivity contribution is 0.148. The van der Waals surface area contributed by atoms with Crippen LogP contribution in [0.2, 0.25) is 0 Å². The van der Waals surface area contributed by atoms with Gasteiger partial charge >= 0.3 is 0 Å². The van der Waals surface area contributed by atoms with Crippen LogP contribution in [0.3, 0.4) is 0 Å². The third kappa shape index (κ3) is 3.59. The Hall–Kier alpha value is -1.32. The van der Waals surface area contributed by atoms with Gasteiger partial charge < -0.3 is 10.1 Å². The Morgan fingerprint density at radius 3 is 2.72 bits per heavy atom. The van der Waals surface area contributed by atoms with E-state index in [1.807, 2.05) is 13.1 Å². The number of anilines is 1. The summed E-state index contributed by atoms with van der Waals surface area (Å²) < 4.78 is 5.99. The van der Waals surface area contributed by atoms with Crippen LogP contribution in [0.4, 0.5) is 5.82 Å². The van der Waals surface area contributed by atoms with Crippen molar-refractivity contribution in [3.05, 3.63) is 11.9 Å². The van der Waals surface area contributed by atoms with E-state index in [9.17, 15) is 0 Å². The molecule has 0 spiro atoms. The molecule has 1 N–H and O–H groups in total. The lowest BCUT2D eigenvalue weighted by Gasteiger charge is -2.22. The first kappa shape index (κ1) is 13.1. The van der Waals surface area contributed by atoms with Crippen LogP contribution in [0.5, 0.6) is 5.88 Å². The summed E-state index contributed by atoms with van der Waals surface area (Å²) in [5.41, 5.74) is 0. The smallest absolute Gasteiger partial charge is 0.218 e. The van der Waals surface area contributed by atoms with Gasteiger partial charge in [-0.05, 0) is 32.1 Å². The number of hydrogen-bond donors (Lipinski definition) is 1. The second-order valence-corrected chi connectivity index (χ2v) is 4.89. The summed E-state index contributed by atoms with van der Waals surface area (Å²) in [6.45, 7) is 2.14. The van der Waals surface area contributed by atoms with Gasteiger partial charge in [0.15, 0.2) is 0 Å². The van der Waals surface area contributed by atoms with Gasteiger partial charge in [0.25, 0.3) is 0 Å². The van der Waals surface area contributed by atoms with Crippen LogP contribution in [-0.2, 0) is 6.42 Å². The van der Waals surface area contributed by atoms with Crippen molar-refractivity contribution < 1.29 is 4.74 Å². The van der Waals surface area contributed by atoms with Gasteiger partial charge in [0.1, 0.15) is 17.7 Å². The number of nitrogens with one attached hydrogen (secondary N) is 1. The van der Waals surface area contributed by atoms with Crippen LogP contribution in [0.25, 0.3) is 0 Å². The second-order valence-electron chi connectivity index (χ2n) is 4.89. The first-order chi connectivity index (χ1) is 8.81. The van der Waals surface area contributed by atoms with Crippen molar-refractivity contribution in [2.75, 3.05) is 12.4 Å². The van der Waals surface area contributed by atoms with Crippen LogP contribution in [-0.4, -0.2) is 23.1 Å². The Kier molecular flexibility index (Phi) is 4.79. The zero-order valence-corrected chi connectivity index (χ0v) is 11.4. The monoisotopic (exact) mass is 249 g/mol. The predicted octanol–water partition coefficient (Wildman–Crippen LogP) is 3.18. The molecule has 0 aliphatic heterocycles. The summed E-state index contributed by atoms with van der Waals surface area (Å²) in [6.07, 6.45) is 8.49. The van der Waals surface area contributed by atoms with Crippen molar-refractivity contribution in [1.82, 2.24) is 9.97 Å². The largest absolute Gasteiger partial charge is 0.474 e. The van der Waals surface area contributed by atoms with Crippen molar-refractivity contribution in [3.63, 3.8) is 0 Å². The Balaban J connectivity index is 2.07. The Morgan fingerprint density at radius 2 is 2.06 bits per heavy atom. The standard InChI is InChI=1S/C14H23N3O/c1-3-7-12-16-13(15-2)10-14(17-12)18-11-8-5-4-6-9-11/h10-11H,3-9H2,1-2H3,(H,15,16,17). The van der Waals surface area contributed by atoms with E-state index in [1.54, 1.807) is 0 Å². The third-order valence-corrected chi connectivity index (χ3v) is 3.32. The highest BCUT2D eigenvalue weighted by molar-refractivity contribution is 5.37. The van der Waals surface area contributed by atoms with Crippen molar-refractivity contribution in [2.24, 2.45) is 0 Å². The minimum absolute atomic E-state index is 0.341. The molecule has 0 amide bonds. The van der Waals surface area contributed by atoms with Gasteiger partial charge in [-0.15, -0.1) is 0 Å². The van der Waals surface area contributed by atoms with E-state index in [0.29, 0.717) is 6.10 Å². The highest BCUT2D eigenvalue weighted by atomic mass is 16.5. The normalized spacial score (nSPS) is 16.6. The number of aromatic nitrogens is 2. The molecule has 0 unspecified atom stereocenters. The van der Waals surface area contributed by atoms with Gasteiger partial charge in [-0.2, -0.15) is 4.98 Å². The molecule has 1 heterocycles. The average molecular weight is 249 g/mol. The minimum atomic E-state index is 0.341. The van der Waals surface area contributed by atoms with Gasteiger partial charge in [-0.25, -0.2) is 4.98 Å². The summed E-state index contributed by atoms with van der Waals surface area (Å²) in [5.74, 6) is 2.44. The maximum atomic E-state index is 5.99. The Bertz CT molecular complexity index is 375. The van der Waals surface area contributed by atoms with Crippen LogP contribution in [0.15, 0.2) is 6.07 Å². The number of rotatable bonds is 5. The molecule has 0 radical (unpaired) electrons. The molecule has 1 aliphatic carbocycles. The average Bonchev–Trinajstić information content (AvgIpc) is 2.40. The Labute approximate surface area is 109 Å². The SMILES string of the molecule is CCCc1nc(NC)cc(OC2CCCCC2)n1. The van der Waals surface area contributed by atoms with E-state index < -0.39 is 0 Å². The molecule has 1 fully saturated rings. The fraction of sp³-hybridized carbons (Fsp3) is 0.714.